The van der Waals surface area contributed by atoms with Crippen LogP contribution in [-0.4, -0.2) is 0 Å². The minimum absolute atomic E-state index is 1.10. The van der Waals surface area contributed by atoms with E-state index in [-0.39, 0.29) is 0 Å². The summed E-state index contributed by atoms with van der Waals surface area (Å²) in [6.45, 7) is 11.8. The van der Waals surface area contributed by atoms with Gasteiger partial charge < -0.3 is 0 Å². The lowest BCUT2D eigenvalue weighted by Gasteiger charge is -2.06. The van der Waals surface area contributed by atoms with Gasteiger partial charge in [0.05, 0.1) is 0 Å². The van der Waals surface area contributed by atoms with E-state index >= 15 is 0 Å². The molecule has 0 radical (unpaired) electrons. The molecule has 0 nitrogen and oxygen atoms in total. The van der Waals surface area contributed by atoms with Gasteiger partial charge in [-0.2, -0.15) is 0 Å². The number of hydrogen-bond acceptors (Lipinski definition) is 0. The van der Waals surface area contributed by atoms with E-state index in [4.69, 9.17) is 0 Å². The molecule has 0 heteroatoms. The third-order valence-electron chi connectivity index (χ3n) is 2.44. The molecule has 0 unspecified atom stereocenters. The second kappa shape index (κ2) is 5.92. The Labute approximate surface area is 98.3 Å². The van der Waals surface area contributed by atoms with E-state index in [1.807, 2.05) is 31.2 Å². The van der Waals surface area contributed by atoms with Crippen molar-refractivity contribution in [2.24, 2.45) is 0 Å². The molecule has 0 aliphatic rings. The van der Waals surface area contributed by atoms with Crippen LogP contribution in [0.5, 0.6) is 0 Å². The van der Waals surface area contributed by atoms with Crippen molar-refractivity contribution in [1.82, 2.24) is 0 Å². The smallest absolute Gasteiger partial charge is 0.0118 e. The average molecular weight is 210 g/mol. The first-order chi connectivity index (χ1) is 7.72. The summed E-state index contributed by atoms with van der Waals surface area (Å²) in [6.07, 6.45) is 7.79. The van der Waals surface area contributed by atoms with Gasteiger partial charge in [-0.25, -0.2) is 0 Å². The molecule has 0 heterocycles. The molecule has 0 aliphatic heterocycles. The second-order valence-corrected chi connectivity index (χ2v) is 3.64. The van der Waals surface area contributed by atoms with Crippen molar-refractivity contribution in [1.29, 1.82) is 0 Å². The molecular formula is C16H18. The van der Waals surface area contributed by atoms with E-state index in [0.717, 1.165) is 11.1 Å². The normalized spacial score (nSPS) is 12.4. The molecule has 0 bridgehead atoms. The largest absolute Gasteiger partial charge is 0.0984 e. The van der Waals surface area contributed by atoms with Crippen LogP contribution in [0, 0.1) is 6.92 Å². The maximum atomic E-state index is 3.87. The van der Waals surface area contributed by atoms with Crippen molar-refractivity contribution in [2.75, 3.05) is 0 Å². The van der Waals surface area contributed by atoms with Crippen LogP contribution < -0.4 is 0 Å². The molecular weight excluding hydrogens is 192 g/mol. The fourth-order valence-corrected chi connectivity index (χ4v) is 1.58. The first-order valence-corrected chi connectivity index (χ1v) is 5.41. The van der Waals surface area contributed by atoms with Gasteiger partial charge in [-0.15, -0.1) is 0 Å². The molecule has 0 aromatic heterocycles. The standard InChI is InChI=1S/C16H18/c1-5-8-14(6-2)16(7-3)15-11-9-13(4)10-12-15/h5-12H,2-3H2,1,4H3/b8-5-,16-14+. The van der Waals surface area contributed by atoms with Gasteiger partial charge in [0.2, 0.25) is 0 Å². The first kappa shape index (κ1) is 12.3. The molecule has 0 N–H and O–H groups in total. The fourth-order valence-electron chi connectivity index (χ4n) is 1.58. The summed E-state index contributed by atoms with van der Waals surface area (Å²) in [5.41, 5.74) is 4.65. The minimum atomic E-state index is 1.10. The number of rotatable bonds is 4. The van der Waals surface area contributed by atoms with E-state index in [1.54, 1.807) is 0 Å². The summed E-state index contributed by atoms with van der Waals surface area (Å²) in [5, 5.41) is 0. The van der Waals surface area contributed by atoms with Crippen LogP contribution in [0.4, 0.5) is 0 Å². The third-order valence-corrected chi connectivity index (χ3v) is 2.44. The van der Waals surface area contributed by atoms with Gasteiger partial charge in [-0.3, -0.25) is 0 Å². The molecule has 0 atom stereocenters. The Morgan fingerprint density at radius 1 is 1.06 bits per heavy atom. The topological polar surface area (TPSA) is 0 Å². The number of aryl methyl sites for hydroxylation is 1. The van der Waals surface area contributed by atoms with Crippen molar-refractivity contribution < 1.29 is 0 Å². The van der Waals surface area contributed by atoms with Gasteiger partial charge in [-0.05, 0) is 30.6 Å². The van der Waals surface area contributed by atoms with Crippen LogP contribution in [0.2, 0.25) is 0 Å². The molecule has 0 aliphatic carbocycles. The zero-order valence-electron chi connectivity index (χ0n) is 10.0. The summed E-state index contributed by atoms with van der Waals surface area (Å²) in [5.74, 6) is 0. The van der Waals surface area contributed by atoms with E-state index in [2.05, 4.69) is 44.3 Å². The van der Waals surface area contributed by atoms with Crippen LogP contribution in [-0.2, 0) is 0 Å². The molecule has 16 heavy (non-hydrogen) atoms. The van der Waals surface area contributed by atoms with Crippen LogP contribution in [0.3, 0.4) is 0 Å². The summed E-state index contributed by atoms with van der Waals surface area (Å²) < 4.78 is 0. The maximum absolute atomic E-state index is 3.87. The average Bonchev–Trinajstić information content (AvgIpc) is 2.31. The molecule has 0 fully saturated rings. The highest BCUT2D eigenvalue weighted by atomic mass is 14.0. The van der Waals surface area contributed by atoms with Crippen molar-refractivity contribution in [3.8, 4) is 0 Å². The van der Waals surface area contributed by atoms with Gasteiger partial charge in [0.15, 0.2) is 0 Å². The van der Waals surface area contributed by atoms with E-state index < -0.39 is 0 Å². The number of hydrogen-bond donors (Lipinski definition) is 0. The minimum Gasteiger partial charge on any atom is -0.0984 e. The number of benzene rings is 1. The lowest BCUT2D eigenvalue weighted by molar-refractivity contribution is 1.45. The quantitative estimate of drug-likeness (QED) is 0.632. The van der Waals surface area contributed by atoms with E-state index in [0.29, 0.717) is 0 Å². The van der Waals surface area contributed by atoms with E-state index in [1.165, 1.54) is 11.1 Å². The highest BCUT2D eigenvalue weighted by molar-refractivity contribution is 5.79. The van der Waals surface area contributed by atoms with E-state index in [9.17, 15) is 0 Å². The van der Waals surface area contributed by atoms with Crippen molar-refractivity contribution in [3.63, 3.8) is 0 Å². The monoisotopic (exact) mass is 210 g/mol. The third kappa shape index (κ3) is 2.83. The summed E-state index contributed by atoms with van der Waals surface area (Å²) in [7, 11) is 0. The fraction of sp³-hybridized carbons (Fsp3) is 0.125. The zero-order chi connectivity index (χ0) is 12.0. The van der Waals surface area contributed by atoms with Crippen LogP contribution in [0.25, 0.3) is 5.57 Å². The van der Waals surface area contributed by atoms with Gasteiger partial charge in [-0.1, -0.05) is 67.3 Å². The molecule has 0 amide bonds. The SMILES string of the molecule is C=CC(/C=C\C)=C(/C=C)c1ccc(C)cc1. The Hall–Kier alpha value is -1.82. The molecule has 0 spiro atoms. The Morgan fingerprint density at radius 3 is 2.12 bits per heavy atom. The van der Waals surface area contributed by atoms with Gasteiger partial charge >= 0.3 is 0 Å². The summed E-state index contributed by atoms with van der Waals surface area (Å²) in [4.78, 5) is 0. The Morgan fingerprint density at radius 2 is 1.69 bits per heavy atom. The summed E-state index contributed by atoms with van der Waals surface area (Å²) in [6, 6.07) is 8.43. The molecule has 1 aromatic carbocycles. The van der Waals surface area contributed by atoms with Crippen molar-refractivity contribution in [2.45, 2.75) is 13.8 Å². The van der Waals surface area contributed by atoms with Crippen molar-refractivity contribution >= 4 is 5.57 Å². The summed E-state index contributed by atoms with van der Waals surface area (Å²) >= 11 is 0. The van der Waals surface area contributed by atoms with Crippen LogP contribution in [0.15, 0.2) is 67.3 Å². The van der Waals surface area contributed by atoms with Gasteiger partial charge in [0.1, 0.15) is 0 Å². The molecule has 1 aromatic rings. The van der Waals surface area contributed by atoms with Crippen molar-refractivity contribution in [3.05, 3.63) is 78.4 Å². The molecule has 1 rings (SSSR count). The van der Waals surface area contributed by atoms with Gasteiger partial charge in [0, 0.05) is 0 Å². The lowest BCUT2D eigenvalue weighted by atomic mass is 9.98. The van der Waals surface area contributed by atoms with Gasteiger partial charge in [0.25, 0.3) is 0 Å². The molecule has 0 saturated heterocycles. The predicted octanol–water partition coefficient (Wildman–Crippen LogP) is 4.70. The van der Waals surface area contributed by atoms with Crippen LogP contribution >= 0.6 is 0 Å². The Kier molecular flexibility index (Phi) is 4.53. The Balaban J connectivity index is 3.29. The number of allylic oxidation sites excluding steroid dienone is 6. The zero-order valence-corrected chi connectivity index (χ0v) is 10.0. The lowest BCUT2D eigenvalue weighted by Crippen LogP contribution is -1.85. The maximum Gasteiger partial charge on any atom is -0.0118 e. The highest BCUT2D eigenvalue weighted by Gasteiger charge is 2.00. The highest BCUT2D eigenvalue weighted by Crippen LogP contribution is 2.21. The van der Waals surface area contributed by atoms with Crippen LogP contribution in [0.1, 0.15) is 18.1 Å². The molecule has 82 valence electrons. The Bertz CT molecular complexity index is 428. The second-order valence-electron chi connectivity index (χ2n) is 3.64. The predicted molar refractivity (Wildman–Crippen MR) is 73.3 cm³/mol. The molecule has 0 saturated carbocycles. The first-order valence-electron chi connectivity index (χ1n) is 5.41.